The molecule has 0 amide bonds. The van der Waals surface area contributed by atoms with Crippen LogP contribution in [0.4, 0.5) is 0 Å². The first-order valence-corrected chi connectivity index (χ1v) is 6.98. The van der Waals surface area contributed by atoms with Crippen molar-refractivity contribution in [1.29, 1.82) is 0 Å². The average molecular weight is 260 g/mol. The van der Waals surface area contributed by atoms with Crippen LogP contribution in [0.15, 0.2) is 0 Å². The molecule has 3 atom stereocenters. The fourth-order valence-electron chi connectivity index (χ4n) is 3.31. The molecule has 18 heavy (non-hydrogen) atoms. The van der Waals surface area contributed by atoms with Crippen LogP contribution >= 0.6 is 0 Å². The third kappa shape index (κ3) is 3.05. The first-order chi connectivity index (χ1) is 8.54. The molecule has 0 aromatic carbocycles. The molecule has 4 heteroatoms. The minimum absolute atomic E-state index is 0.00499. The lowest BCUT2D eigenvalue weighted by Crippen LogP contribution is -2.44. The summed E-state index contributed by atoms with van der Waals surface area (Å²) in [5.41, 5.74) is -0.396. The van der Waals surface area contributed by atoms with Crippen LogP contribution in [-0.2, 0) is 0 Å². The zero-order chi connectivity index (χ0) is 13.8. The maximum Gasteiger partial charge on any atom is 0.0512 e. The van der Waals surface area contributed by atoms with Crippen LogP contribution < -0.4 is 0 Å². The predicted octanol–water partition coefficient (Wildman–Crippen LogP) is 0.630. The van der Waals surface area contributed by atoms with E-state index in [2.05, 4.69) is 13.8 Å². The smallest absolute Gasteiger partial charge is 0.0512 e. The van der Waals surface area contributed by atoms with Gasteiger partial charge >= 0.3 is 0 Å². The van der Waals surface area contributed by atoms with E-state index >= 15 is 0 Å². The normalized spacial score (nSPS) is 29.5. The molecule has 1 fully saturated rings. The van der Waals surface area contributed by atoms with Gasteiger partial charge in [0.1, 0.15) is 0 Å². The molecule has 0 bridgehead atoms. The topological polar surface area (TPSA) is 80.9 Å². The Labute approximate surface area is 110 Å². The third-order valence-electron chi connectivity index (χ3n) is 5.27. The fourth-order valence-corrected chi connectivity index (χ4v) is 3.31. The van der Waals surface area contributed by atoms with E-state index in [4.69, 9.17) is 0 Å². The van der Waals surface area contributed by atoms with Crippen LogP contribution in [0, 0.1) is 29.1 Å². The minimum Gasteiger partial charge on any atom is -0.396 e. The number of hydrogen-bond donors (Lipinski definition) is 4. The number of hydrogen-bond acceptors (Lipinski definition) is 4. The van der Waals surface area contributed by atoms with Crippen molar-refractivity contribution in [3.63, 3.8) is 0 Å². The summed E-state index contributed by atoms with van der Waals surface area (Å²) < 4.78 is 0. The van der Waals surface area contributed by atoms with Gasteiger partial charge in [-0.05, 0) is 37.0 Å². The summed E-state index contributed by atoms with van der Waals surface area (Å²) in [5, 5.41) is 37.7. The summed E-state index contributed by atoms with van der Waals surface area (Å²) in [6.45, 7) is 4.15. The summed E-state index contributed by atoms with van der Waals surface area (Å²) in [6.07, 6.45) is 2.80. The van der Waals surface area contributed by atoms with Crippen molar-refractivity contribution in [2.75, 3.05) is 26.4 Å². The highest BCUT2D eigenvalue weighted by Gasteiger charge is 2.43. The van der Waals surface area contributed by atoms with Crippen molar-refractivity contribution in [1.82, 2.24) is 0 Å². The van der Waals surface area contributed by atoms with Crippen molar-refractivity contribution in [3.05, 3.63) is 0 Å². The molecule has 3 unspecified atom stereocenters. The lowest BCUT2D eigenvalue weighted by Gasteiger charge is -2.46. The molecule has 108 valence electrons. The maximum atomic E-state index is 9.61. The first kappa shape index (κ1) is 15.9. The molecule has 1 aliphatic rings. The van der Waals surface area contributed by atoms with Crippen molar-refractivity contribution in [3.8, 4) is 0 Å². The quantitative estimate of drug-likeness (QED) is 0.565. The largest absolute Gasteiger partial charge is 0.396 e. The SMILES string of the molecule is CC(C(CO)CO)C1CCC(C)C(CO)(CO)C1. The summed E-state index contributed by atoms with van der Waals surface area (Å²) in [4.78, 5) is 0. The van der Waals surface area contributed by atoms with Crippen molar-refractivity contribution in [2.24, 2.45) is 29.1 Å². The van der Waals surface area contributed by atoms with Crippen molar-refractivity contribution < 1.29 is 20.4 Å². The summed E-state index contributed by atoms with van der Waals surface area (Å²) in [7, 11) is 0. The Balaban J connectivity index is 2.75. The van der Waals surface area contributed by atoms with Gasteiger partial charge in [-0.1, -0.05) is 13.8 Å². The van der Waals surface area contributed by atoms with E-state index in [9.17, 15) is 20.4 Å². The molecule has 0 spiro atoms. The van der Waals surface area contributed by atoms with Crippen molar-refractivity contribution >= 4 is 0 Å². The summed E-state index contributed by atoms with van der Waals surface area (Å²) >= 11 is 0. The van der Waals surface area contributed by atoms with Gasteiger partial charge in [0.25, 0.3) is 0 Å². The second-order valence-electron chi connectivity index (χ2n) is 6.11. The summed E-state index contributed by atoms with van der Waals surface area (Å²) in [6, 6.07) is 0. The van der Waals surface area contributed by atoms with E-state index in [0.29, 0.717) is 11.8 Å². The maximum absolute atomic E-state index is 9.61. The van der Waals surface area contributed by atoms with Gasteiger partial charge in [-0.25, -0.2) is 0 Å². The Bertz CT molecular complexity index is 236. The lowest BCUT2D eigenvalue weighted by atomic mass is 9.60. The van der Waals surface area contributed by atoms with E-state index in [-0.39, 0.29) is 38.3 Å². The molecule has 0 aromatic heterocycles. The Kier molecular flexibility index (Phi) is 6.05. The highest BCUT2D eigenvalue weighted by molar-refractivity contribution is 4.92. The Morgan fingerprint density at radius 2 is 1.61 bits per heavy atom. The predicted molar refractivity (Wildman–Crippen MR) is 69.9 cm³/mol. The summed E-state index contributed by atoms with van der Waals surface area (Å²) in [5.74, 6) is 0.783. The Morgan fingerprint density at radius 3 is 2.06 bits per heavy atom. The molecule has 1 aliphatic carbocycles. The molecule has 1 rings (SSSR count). The Morgan fingerprint density at radius 1 is 1.06 bits per heavy atom. The van der Waals surface area contributed by atoms with Gasteiger partial charge < -0.3 is 20.4 Å². The zero-order valence-corrected chi connectivity index (χ0v) is 11.5. The molecule has 0 heterocycles. The van der Waals surface area contributed by atoms with Crippen molar-refractivity contribution in [2.45, 2.75) is 33.1 Å². The van der Waals surface area contributed by atoms with Gasteiger partial charge in [-0.3, -0.25) is 0 Å². The van der Waals surface area contributed by atoms with Crippen LogP contribution in [0.5, 0.6) is 0 Å². The Hall–Kier alpha value is -0.160. The number of aliphatic hydroxyl groups excluding tert-OH is 4. The van der Waals surface area contributed by atoms with Crippen LogP contribution in [-0.4, -0.2) is 46.9 Å². The highest BCUT2D eigenvalue weighted by atomic mass is 16.3. The standard InChI is InChI=1S/C14H28O4/c1-10-3-4-12(5-14(10,8-17)9-18)11(2)13(6-15)7-16/h10-13,15-18H,3-9H2,1-2H3. The molecule has 0 radical (unpaired) electrons. The molecule has 0 aliphatic heterocycles. The average Bonchev–Trinajstić information content (AvgIpc) is 2.41. The lowest BCUT2D eigenvalue weighted by molar-refractivity contribution is -0.0545. The molecule has 0 aromatic rings. The monoisotopic (exact) mass is 260 g/mol. The number of rotatable bonds is 6. The van der Waals surface area contributed by atoms with E-state index in [0.717, 1.165) is 19.3 Å². The molecule has 0 saturated heterocycles. The minimum atomic E-state index is -0.396. The second-order valence-corrected chi connectivity index (χ2v) is 6.11. The van der Waals surface area contributed by atoms with Crippen LogP contribution in [0.3, 0.4) is 0 Å². The van der Waals surface area contributed by atoms with Crippen LogP contribution in [0.2, 0.25) is 0 Å². The van der Waals surface area contributed by atoms with Gasteiger partial charge in [0.15, 0.2) is 0 Å². The molecule has 4 N–H and O–H groups in total. The van der Waals surface area contributed by atoms with Gasteiger partial charge in [0.2, 0.25) is 0 Å². The van der Waals surface area contributed by atoms with E-state index in [1.54, 1.807) is 0 Å². The number of aliphatic hydroxyl groups is 4. The molecular formula is C14H28O4. The van der Waals surface area contributed by atoms with Gasteiger partial charge in [0.05, 0.1) is 13.2 Å². The van der Waals surface area contributed by atoms with Gasteiger partial charge in [-0.2, -0.15) is 0 Å². The van der Waals surface area contributed by atoms with E-state index in [1.165, 1.54) is 0 Å². The molecular weight excluding hydrogens is 232 g/mol. The first-order valence-electron chi connectivity index (χ1n) is 6.98. The van der Waals surface area contributed by atoms with Crippen LogP contribution in [0.25, 0.3) is 0 Å². The fraction of sp³-hybridized carbons (Fsp3) is 1.00. The third-order valence-corrected chi connectivity index (χ3v) is 5.27. The molecule has 4 nitrogen and oxygen atoms in total. The zero-order valence-electron chi connectivity index (χ0n) is 11.5. The van der Waals surface area contributed by atoms with E-state index < -0.39 is 5.41 Å². The van der Waals surface area contributed by atoms with E-state index in [1.807, 2.05) is 0 Å². The highest BCUT2D eigenvalue weighted by Crippen LogP contribution is 2.46. The van der Waals surface area contributed by atoms with Gasteiger partial charge in [0, 0.05) is 24.5 Å². The second kappa shape index (κ2) is 6.85. The van der Waals surface area contributed by atoms with Crippen LogP contribution in [0.1, 0.15) is 33.1 Å². The molecule has 1 saturated carbocycles. The van der Waals surface area contributed by atoms with Gasteiger partial charge in [-0.15, -0.1) is 0 Å².